The van der Waals surface area contributed by atoms with Crippen molar-refractivity contribution < 1.29 is 17.6 Å². The summed E-state index contributed by atoms with van der Waals surface area (Å²) in [5.74, 6) is -0.817. The molecule has 3 aromatic rings. The Bertz CT molecular complexity index is 1080. The Hall–Kier alpha value is -3.19. The van der Waals surface area contributed by atoms with Crippen LogP contribution in [0.5, 0.6) is 0 Å². The molecule has 0 saturated heterocycles. The van der Waals surface area contributed by atoms with Gasteiger partial charge in [0.05, 0.1) is 10.6 Å². The van der Waals surface area contributed by atoms with E-state index in [9.17, 15) is 17.6 Å². The highest BCUT2D eigenvalue weighted by Crippen LogP contribution is 2.19. The van der Waals surface area contributed by atoms with Gasteiger partial charge in [-0.05, 0) is 47.9 Å². The van der Waals surface area contributed by atoms with E-state index < -0.39 is 15.8 Å². The van der Waals surface area contributed by atoms with Gasteiger partial charge in [0, 0.05) is 12.1 Å². The number of hydrogen-bond acceptors (Lipinski definition) is 3. The molecule has 3 aromatic carbocycles. The van der Waals surface area contributed by atoms with E-state index in [4.69, 9.17) is 0 Å². The standard InChI is InChI=1S/C22H21FN2O3S/c1-16(17-7-3-2-4-8-17)15-24-22(26)18-11-13-19(14-12-18)29(27,28)25-21-10-6-5-9-20(21)23/h2-14,16,25H,15H2,1H3,(H,24,26)/t16-/m1/s1. The molecule has 0 radical (unpaired) electrons. The zero-order valence-electron chi connectivity index (χ0n) is 15.8. The van der Waals surface area contributed by atoms with Crippen molar-refractivity contribution in [2.24, 2.45) is 0 Å². The number of anilines is 1. The molecule has 0 aliphatic rings. The van der Waals surface area contributed by atoms with Crippen LogP contribution in [0.2, 0.25) is 0 Å². The monoisotopic (exact) mass is 412 g/mol. The molecule has 1 amide bonds. The highest BCUT2D eigenvalue weighted by molar-refractivity contribution is 7.92. The van der Waals surface area contributed by atoms with Crippen LogP contribution in [0.15, 0.2) is 83.8 Å². The van der Waals surface area contributed by atoms with Crippen LogP contribution in [0.1, 0.15) is 28.8 Å². The largest absolute Gasteiger partial charge is 0.351 e. The van der Waals surface area contributed by atoms with Gasteiger partial charge in [0.15, 0.2) is 0 Å². The fourth-order valence-electron chi connectivity index (χ4n) is 2.78. The summed E-state index contributed by atoms with van der Waals surface area (Å²) in [5, 5.41) is 2.85. The number of halogens is 1. The highest BCUT2D eigenvalue weighted by Gasteiger charge is 2.17. The molecular weight excluding hydrogens is 391 g/mol. The number of amides is 1. The Kier molecular flexibility index (Phi) is 6.29. The zero-order valence-corrected chi connectivity index (χ0v) is 16.6. The summed E-state index contributed by atoms with van der Waals surface area (Å²) in [6.45, 7) is 2.47. The van der Waals surface area contributed by atoms with Crippen molar-refractivity contribution in [1.29, 1.82) is 0 Å². The van der Waals surface area contributed by atoms with Gasteiger partial charge >= 0.3 is 0 Å². The lowest BCUT2D eigenvalue weighted by Crippen LogP contribution is -2.27. The minimum atomic E-state index is -3.96. The smallest absolute Gasteiger partial charge is 0.261 e. The number of carbonyl (C=O) groups excluding carboxylic acids is 1. The van der Waals surface area contributed by atoms with Gasteiger partial charge in [-0.3, -0.25) is 9.52 Å². The number of nitrogens with one attached hydrogen (secondary N) is 2. The quantitative estimate of drug-likeness (QED) is 0.612. The van der Waals surface area contributed by atoms with E-state index in [1.165, 1.54) is 48.5 Å². The fraction of sp³-hybridized carbons (Fsp3) is 0.136. The van der Waals surface area contributed by atoms with Crippen LogP contribution in [-0.4, -0.2) is 20.9 Å². The molecule has 0 heterocycles. The van der Waals surface area contributed by atoms with Gasteiger partial charge in [0.1, 0.15) is 5.82 Å². The summed E-state index contributed by atoms with van der Waals surface area (Å²) in [4.78, 5) is 12.3. The highest BCUT2D eigenvalue weighted by atomic mass is 32.2. The van der Waals surface area contributed by atoms with Gasteiger partial charge in [-0.25, -0.2) is 12.8 Å². The van der Waals surface area contributed by atoms with Crippen molar-refractivity contribution in [1.82, 2.24) is 5.32 Å². The van der Waals surface area contributed by atoms with E-state index in [2.05, 4.69) is 10.0 Å². The van der Waals surface area contributed by atoms with E-state index >= 15 is 0 Å². The van der Waals surface area contributed by atoms with Crippen molar-refractivity contribution in [3.05, 3.63) is 95.8 Å². The third kappa shape index (κ3) is 5.20. The second-order valence-corrected chi connectivity index (χ2v) is 8.31. The maximum atomic E-state index is 13.7. The number of sulfonamides is 1. The molecule has 0 fully saturated rings. The second-order valence-electron chi connectivity index (χ2n) is 6.63. The van der Waals surface area contributed by atoms with Gasteiger partial charge in [-0.2, -0.15) is 0 Å². The summed E-state index contributed by atoms with van der Waals surface area (Å²) in [7, 11) is -3.96. The van der Waals surface area contributed by atoms with Crippen LogP contribution in [-0.2, 0) is 10.0 Å². The third-order valence-corrected chi connectivity index (χ3v) is 5.86. The van der Waals surface area contributed by atoms with Crippen LogP contribution in [0, 0.1) is 5.82 Å². The SMILES string of the molecule is C[C@H](CNC(=O)c1ccc(S(=O)(=O)Nc2ccccc2F)cc1)c1ccccc1. The Morgan fingerprint density at radius 3 is 2.21 bits per heavy atom. The Morgan fingerprint density at radius 2 is 1.55 bits per heavy atom. The lowest BCUT2D eigenvalue weighted by Gasteiger charge is -2.13. The molecule has 1 atom stereocenters. The van der Waals surface area contributed by atoms with Gasteiger partial charge in [-0.15, -0.1) is 0 Å². The molecule has 0 aliphatic carbocycles. The van der Waals surface area contributed by atoms with Crippen molar-refractivity contribution in [2.45, 2.75) is 17.7 Å². The first-order valence-corrected chi connectivity index (χ1v) is 10.6. The predicted octanol–water partition coefficient (Wildman–Crippen LogP) is 4.16. The molecule has 7 heteroatoms. The van der Waals surface area contributed by atoms with E-state index in [0.717, 1.165) is 5.56 Å². The summed E-state index contributed by atoms with van der Waals surface area (Å²) >= 11 is 0. The van der Waals surface area contributed by atoms with E-state index in [1.807, 2.05) is 37.3 Å². The number of para-hydroxylation sites is 1. The lowest BCUT2D eigenvalue weighted by molar-refractivity contribution is 0.0951. The third-order valence-electron chi connectivity index (χ3n) is 4.48. The normalized spacial score (nSPS) is 12.2. The Balaban J connectivity index is 1.64. The van der Waals surface area contributed by atoms with E-state index in [1.54, 1.807) is 0 Å². The maximum Gasteiger partial charge on any atom is 0.261 e. The first kappa shape index (κ1) is 20.5. The average molecular weight is 412 g/mol. The van der Waals surface area contributed by atoms with E-state index in [-0.39, 0.29) is 22.4 Å². The van der Waals surface area contributed by atoms with E-state index in [0.29, 0.717) is 12.1 Å². The summed E-state index contributed by atoms with van der Waals surface area (Å²) in [6, 6.07) is 20.8. The van der Waals surface area contributed by atoms with Crippen molar-refractivity contribution in [3.8, 4) is 0 Å². The molecule has 0 aromatic heterocycles. The number of carbonyl (C=O) groups is 1. The molecule has 150 valence electrons. The first-order valence-electron chi connectivity index (χ1n) is 9.07. The average Bonchev–Trinajstić information content (AvgIpc) is 2.74. The van der Waals surface area contributed by atoms with Crippen molar-refractivity contribution in [3.63, 3.8) is 0 Å². The molecule has 0 bridgehead atoms. The Labute approximate surface area is 169 Å². The van der Waals surface area contributed by atoms with Crippen molar-refractivity contribution in [2.75, 3.05) is 11.3 Å². The molecule has 2 N–H and O–H groups in total. The summed E-state index contributed by atoms with van der Waals surface area (Å²) in [5.41, 5.74) is 1.33. The number of hydrogen-bond donors (Lipinski definition) is 2. The van der Waals surface area contributed by atoms with Gasteiger partial charge in [-0.1, -0.05) is 49.4 Å². The molecule has 0 saturated carbocycles. The molecule has 5 nitrogen and oxygen atoms in total. The van der Waals surface area contributed by atoms with Crippen molar-refractivity contribution >= 4 is 21.6 Å². The summed E-state index contributed by atoms with van der Waals surface area (Å²) < 4.78 is 40.8. The molecule has 0 spiro atoms. The minimum absolute atomic E-state index is 0.0602. The Morgan fingerprint density at radius 1 is 0.931 bits per heavy atom. The van der Waals surface area contributed by atoms with Crippen LogP contribution in [0.4, 0.5) is 10.1 Å². The second kappa shape index (κ2) is 8.87. The minimum Gasteiger partial charge on any atom is -0.351 e. The van der Waals surface area contributed by atoms with Crippen LogP contribution >= 0.6 is 0 Å². The molecular formula is C22H21FN2O3S. The summed E-state index contributed by atoms with van der Waals surface area (Å²) in [6.07, 6.45) is 0. The number of benzene rings is 3. The number of rotatable bonds is 7. The predicted molar refractivity (Wildman–Crippen MR) is 111 cm³/mol. The fourth-order valence-corrected chi connectivity index (χ4v) is 3.85. The molecule has 3 rings (SSSR count). The van der Waals surface area contributed by atoms with Crippen LogP contribution in [0.3, 0.4) is 0 Å². The lowest BCUT2D eigenvalue weighted by atomic mass is 10.0. The first-order chi connectivity index (χ1) is 13.9. The molecule has 0 aliphatic heterocycles. The van der Waals surface area contributed by atoms with Crippen LogP contribution < -0.4 is 10.0 Å². The van der Waals surface area contributed by atoms with Gasteiger partial charge in [0.2, 0.25) is 0 Å². The molecule has 29 heavy (non-hydrogen) atoms. The topological polar surface area (TPSA) is 75.3 Å². The molecule has 0 unspecified atom stereocenters. The van der Waals surface area contributed by atoms with Gasteiger partial charge < -0.3 is 5.32 Å². The van der Waals surface area contributed by atoms with Crippen LogP contribution in [0.25, 0.3) is 0 Å². The van der Waals surface area contributed by atoms with Gasteiger partial charge in [0.25, 0.3) is 15.9 Å². The maximum absolute atomic E-state index is 13.7. The zero-order chi connectivity index (χ0) is 20.9.